The standard InChI is InChI=1S/C42H43N2O2.Pt/c1-40(2,3)30-20-29(21-31(23-30)41(4,5)6)26-17-18-43-35(22-26)28-14-12-13-27(19-28)34-24-32(42(7,8)9)25-37-38(34)44-39(46-37)33-15-10-11-16-36(33)45;/h10-18,20-25,45H,1-9H3;/q-1;. The first-order valence-corrected chi connectivity index (χ1v) is 16.0. The van der Waals surface area contributed by atoms with Crippen LogP contribution >= 0.6 is 0 Å². The number of fused-ring (bicyclic) bond motifs is 1. The maximum absolute atomic E-state index is 10.5. The van der Waals surface area contributed by atoms with Gasteiger partial charge in [-0.3, -0.25) is 4.98 Å². The third-order valence-electron chi connectivity index (χ3n) is 8.61. The third kappa shape index (κ3) is 7.14. The molecule has 0 aliphatic carbocycles. The average molecular weight is 803 g/mol. The summed E-state index contributed by atoms with van der Waals surface area (Å²) in [5.41, 5.74) is 11.6. The van der Waals surface area contributed by atoms with E-state index in [9.17, 15) is 5.11 Å². The maximum Gasteiger partial charge on any atom is 0.230 e. The number of hydrogen-bond acceptors (Lipinski definition) is 4. The van der Waals surface area contributed by atoms with Crippen molar-refractivity contribution in [3.63, 3.8) is 0 Å². The zero-order valence-electron chi connectivity index (χ0n) is 28.7. The monoisotopic (exact) mass is 802 g/mol. The van der Waals surface area contributed by atoms with Gasteiger partial charge in [0.1, 0.15) is 11.3 Å². The van der Waals surface area contributed by atoms with Crippen molar-refractivity contribution in [2.24, 2.45) is 0 Å². The van der Waals surface area contributed by atoms with E-state index in [1.165, 1.54) is 16.7 Å². The number of hydrogen-bond donors (Lipinski definition) is 1. The van der Waals surface area contributed by atoms with Crippen LogP contribution in [0.25, 0.3) is 56.1 Å². The van der Waals surface area contributed by atoms with Gasteiger partial charge in [-0.05, 0) is 68.3 Å². The predicted molar refractivity (Wildman–Crippen MR) is 190 cm³/mol. The molecule has 5 heteroatoms. The molecule has 0 saturated heterocycles. The molecule has 0 bridgehead atoms. The molecule has 0 unspecified atom stereocenters. The van der Waals surface area contributed by atoms with Crippen molar-refractivity contribution in [3.8, 4) is 50.7 Å². The first kappa shape index (κ1) is 34.3. The van der Waals surface area contributed by atoms with Gasteiger partial charge in [0, 0.05) is 33.0 Å². The Morgan fingerprint density at radius 1 is 0.617 bits per heavy atom. The van der Waals surface area contributed by atoms with Crippen LogP contribution in [0.4, 0.5) is 0 Å². The smallest absolute Gasteiger partial charge is 0.230 e. The number of oxazole rings is 1. The van der Waals surface area contributed by atoms with E-state index in [0.717, 1.165) is 39.0 Å². The third-order valence-corrected chi connectivity index (χ3v) is 8.61. The van der Waals surface area contributed by atoms with E-state index < -0.39 is 0 Å². The molecular weight excluding hydrogens is 760 g/mol. The molecule has 4 aromatic carbocycles. The molecule has 2 aromatic heterocycles. The SMILES string of the molecule is CC(C)(C)c1cc(-c2ccnc(-c3[c-]c(-c4cc(C(C)(C)C)cc5oc(-c6ccccc6O)nc45)ccc3)c2)cc(C(C)(C)C)c1.[Pt]. The summed E-state index contributed by atoms with van der Waals surface area (Å²) in [6, 6.07) is 32.4. The second-order valence-electron chi connectivity index (χ2n) is 15.4. The molecule has 2 heterocycles. The molecule has 0 aliphatic heterocycles. The summed E-state index contributed by atoms with van der Waals surface area (Å²) in [5, 5.41) is 10.5. The van der Waals surface area contributed by atoms with Gasteiger partial charge in [-0.1, -0.05) is 116 Å². The minimum Gasteiger partial charge on any atom is -0.507 e. The van der Waals surface area contributed by atoms with E-state index in [2.05, 4.69) is 123 Å². The number of phenolic OH excluding ortho intramolecular Hbond substituents is 1. The summed E-state index contributed by atoms with van der Waals surface area (Å²) < 4.78 is 6.28. The normalized spacial score (nSPS) is 12.3. The van der Waals surface area contributed by atoms with Gasteiger partial charge in [-0.2, -0.15) is 0 Å². The Balaban J connectivity index is 0.00000433. The summed E-state index contributed by atoms with van der Waals surface area (Å²) in [7, 11) is 0. The van der Waals surface area contributed by atoms with Gasteiger partial charge in [-0.15, -0.1) is 29.8 Å². The molecule has 0 aliphatic rings. The van der Waals surface area contributed by atoms with Gasteiger partial charge >= 0.3 is 0 Å². The molecule has 0 fully saturated rings. The van der Waals surface area contributed by atoms with E-state index in [4.69, 9.17) is 14.4 Å². The number of benzene rings is 4. The minimum absolute atomic E-state index is 0. The summed E-state index contributed by atoms with van der Waals surface area (Å²) in [4.78, 5) is 9.68. The van der Waals surface area contributed by atoms with E-state index in [-0.39, 0.29) is 43.1 Å². The summed E-state index contributed by atoms with van der Waals surface area (Å²) in [6.45, 7) is 20.2. The quantitative estimate of drug-likeness (QED) is 0.180. The van der Waals surface area contributed by atoms with Gasteiger partial charge in [-0.25, -0.2) is 4.98 Å². The van der Waals surface area contributed by atoms with Gasteiger partial charge in [0.25, 0.3) is 0 Å². The maximum atomic E-state index is 10.5. The molecule has 244 valence electrons. The molecule has 6 aromatic rings. The van der Waals surface area contributed by atoms with Gasteiger partial charge in [0.05, 0.1) is 11.1 Å². The fourth-order valence-corrected chi connectivity index (χ4v) is 5.63. The number of nitrogens with zero attached hydrogens (tertiary/aromatic N) is 2. The van der Waals surface area contributed by atoms with Gasteiger partial charge in [0.15, 0.2) is 0 Å². The average Bonchev–Trinajstić information content (AvgIpc) is 3.44. The number of pyridine rings is 1. The Hall–Kier alpha value is -4.01. The van der Waals surface area contributed by atoms with Crippen molar-refractivity contribution in [2.75, 3.05) is 0 Å². The second-order valence-corrected chi connectivity index (χ2v) is 15.4. The first-order valence-electron chi connectivity index (χ1n) is 16.0. The topological polar surface area (TPSA) is 59.2 Å². The van der Waals surface area contributed by atoms with Crippen LogP contribution in [0.5, 0.6) is 5.75 Å². The number of rotatable bonds is 4. The van der Waals surface area contributed by atoms with E-state index in [1.54, 1.807) is 12.1 Å². The Kier molecular flexibility index (Phi) is 9.16. The van der Waals surface area contributed by atoms with Crippen LogP contribution in [0, 0.1) is 6.07 Å². The summed E-state index contributed by atoms with van der Waals surface area (Å²) in [6.07, 6.45) is 1.89. The van der Waals surface area contributed by atoms with Crippen molar-refractivity contribution in [2.45, 2.75) is 78.6 Å². The van der Waals surface area contributed by atoms with Crippen molar-refractivity contribution in [1.82, 2.24) is 9.97 Å². The van der Waals surface area contributed by atoms with Crippen molar-refractivity contribution in [1.29, 1.82) is 0 Å². The Morgan fingerprint density at radius 2 is 1.23 bits per heavy atom. The Labute approximate surface area is 293 Å². The van der Waals surface area contributed by atoms with E-state index in [1.807, 2.05) is 24.4 Å². The van der Waals surface area contributed by atoms with Crippen LogP contribution in [0.15, 0.2) is 95.5 Å². The van der Waals surface area contributed by atoms with E-state index >= 15 is 0 Å². The fraction of sp³-hybridized carbons (Fsp3) is 0.286. The van der Waals surface area contributed by atoms with Crippen molar-refractivity contribution in [3.05, 3.63) is 114 Å². The molecule has 0 saturated carbocycles. The second kappa shape index (κ2) is 12.5. The molecule has 47 heavy (non-hydrogen) atoms. The summed E-state index contributed by atoms with van der Waals surface area (Å²) in [5.74, 6) is 0.520. The van der Waals surface area contributed by atoms with Crippen LogP contribution < -0.4 is 0 Å². The molecule has 0 atom stereocenters. The number of phenols is 1. The fourth-order valence-electron chi connectivity index (χ4n) is 5.63. The zero-order valence-corrected chi connectivity index (χ0v) is 31.0. The molecule has 6 rings (SSSR count). The van der Waals surface area contributed by atoms with Crippen LogP contribution in [0.3, 0.4) is 0 Å². The molecule has 0 amide bonds. The zero-order chi connectivity index (χ0) is 33.0. The number of aromatic hydroxyl groups is 1. The number of aromatic nitrogens is 2. The Bertz CT molecular complexity index is 2040. The molecular formula is C42H43N2O2Pt-. The Morgan fingerprint density at radius 3 is 1.87 bits per heavy atom. The molecule has 0 radical (unpaired) electrons. The van der Waals surface area contributed by atoms with Crippen molar-refractivity contribution >= 4 is 11.1 Å². The first-order chi connectivity index (χ1) is 21.6. The molecule has 1 N–H and O–H groups in total. The van der Waals surface area contributed by atoms with Crippen LogP contribution in [-0.4, -0.2) is 15.1 Å². The molecule has 4 nitrogen and oxygen atoms in total. The van der Waals surface area contributed by atoms with E-state index in [0.29, 0.717) is 17.0 Å². The molecule has 0 spiro atoms. The van der Waals surface area contributed by atoms with Crippen LogP contribution in [-0.2, 0) is 37.3 Å². The minimum atomic E-state index is -0.119. The van der Waals surface area contributed by atoms with Crippen molar-refractivity contribution < 1.29 is 30.6 Å². The predicted octanol–water partition coefficient (Wildman–Crippen LogP) is 11.3. The van der Waals surface area contributed by atoms with Gasteiger partial charge < -0.3 is 9.52 Å². The van der Waals surface area contributed by atoms with Gasteiger partial charge in [0.2, 0.25) is 5.89 Å². The number of para-hydroxylation sites is 1. The van der Waals surface area contributed by atoms with Crippen LogP contribution in [0.2, 0.25) is 0 Å². The largest absolute Gasteiger partial charge is 0.507 e. The van der Waals surface area contributed by atoms with Crippen LogP contribution in [0.1, 0.15) is 79.0 Å². The summed E-state index contributed by atoms with van der Waals surface area (Å²) >= 11 is 0.